The number of carbonyl (C=O) groups excluding carboxylic acids is 3. The summed E-state index contributed by atoms with van der Waals surface area (Å²) in [7, 11) is -2.02. The van der Waals surface area contributed by atoms with Gasteiger partial charge in [-0.3, -0.25) is 33.3 Å². The van der Waals surface area contributed by atoms with Gasteiger partial charge in [-0.15, -0.1) is 0 Å². The SMILES string of the molecule is COP(=O)(OC)c1cn([C@@H]2O[C@H](COC(C)=O)C(OC(C)=O)C2OC(C)=O)c(=O)[nH]c1=O. The number of rotatable bonds is 8. The molecule has 1 fully saturated rings. The minimum absolute atomic E-state index is 0.402. The summed E-state index contributed by atoms with van der Waals surface area (Å²) in [4.78, 5) is 61.3. The highest BCUT2D eigenvalue weighted by Gasteiger charge is 2.51. The van der Waals surface area contributed by atoms with Gasteiger partial charge in [0.2, 0.25) is 0 Å². The molecule has 1 aromatic rings. The first-order chi connectivity index (χ1) is 14.9. The van der Waals surface area contributed by atoms with Crippen molar-refractivity contribution >= 4 is 30.8 Å². The van der Waals surface area contributed by atoms with Crippen molar-refractivity contribution in [2.75, 3.05) is 20.8 Å². The van der Waals surface area contributed by atoms with Crippen LogP contribution in [0, 0.1) is 0 Å². The number of hydrogen-bond donors (Lipinski definition) is 1. The number of H-pyrrole nitrogens is 1. The van der Waals surface area contributed by atoms with Crippen molar-refractivity contribution in [3.05, 3.63) is 27.0 Å². The van der Waals surface area contributed by atoms with Gasteiger partial charge in [0.15, 0.2) is 18.4 Å². The van der Waals surface area contributed by atoms with E-state index >= 15 is 0 Å². The highest BCUT2D eigenvalue weighted by molar-refractivity contribution is 7.62. The van der Waals surface area contributed by atoms with Gasteiger partial charge in [0.1, 0.15) is 18.0 Å². The number of esters is 3. The maximum Gasteiger partial charge on any atom is 0.367 e. The first-order valence-electron chi connectivity index (χ1n) is 9.14. The number of nitrogens with zero attached hydrogens (tertiary/aromatic N) is 1. The first-order valence-corrected chi connectivity index (χ1v) is 10.7. The molecule has 0 amide bonds. The quantitative estimate of drug-likeness (QED) is 0.273. The Morgan fingerprint density at radius 2 is 1.59 bits per heavy atom. The molecule has 1 N–H and O–H groups in total. The molecule has 0 spiro atoms. The summed E-state index contributed by atoms with van der Waals surface area (Å²) < 4.78 is 44.2. The number of aromatic nitrogens is 2. The van der Waals surface area contributed by atoms with Gasteiger partial charge in [0.25, 0.3) is 5.56 Å². The second-order valence-corrected chi connectivity index (χ2v) is 8.77. The van der Waals surface area contributed by atoms with Gasteiger partial charge in [-0.2, -0.15) is 0 Å². The summed E-state index contributed by atoms with van der Waals surface area (Å²) in [6, 6.07) is 0. The van der Waals surface area contributed by atoms with Crippen molar-refractivity contribution in [1.82, 2.24) is 9.55 Å². The van der Waals surface area contributed by atoms with Crippen molar-refractivity contribution in [3.63, 3.8) is 0 Å². The average Bonchev–Trinajstić information content (AvgIpc) is 3.01. The van der Waals surface area contributed by atoms with Crippen molar-refractivity contribution in [3.8, 4) is 0 Å². The van der Waals surface area contributed by atoms with Crippen LogP contribution in [0.1, 0.15) is 27.0 Å². The molecule has 0 saturated carbocycles. The van der Waals surface area contributed by atoms with Gasteiger partial charge in [0.05, 0.1) is 0 Å². The Bertz CT molecular complexity index is 1040. The summed E-state index contributed by atoms with van der Waals surface area (Å²) in [5, 5.41) is -0.528. The van der Waals surface area contributed by atoms with Gasteiger partial charge in [-0.1, -0.05) is 0 Å². The van der Waals surface area contributed by atoms with E-state index in [4.69, 9.17) is 28.0 Å². The molecule has 0 aliphatic carbocycles. The molecule has 1 aromatic heterocycles. The van der Waals surface area contributed by atoms with Crippen molar-refractivity contribution in [2.24, 2.45) is 0 Å². The Morgan fingerprint density at radius 1 is 1.03 bits per heavy atom. The Morgan fingerprint density at radius 3 is 2.09 bits per heavy atom. The lowest BCUT2D eigenvalue weighted by molar-refractivity contribution is -0.166. The van der Waals surface area contributed by atoms with E-state index in [0.717, 1.165) is 45.8 Å². The topological polar surface area (TPSA) is 179 Å². The van der Waals surface area contributed by atoms with E-state index in [1.165, 1.54) is 0 Å². The highest BCUT2D eigenvalue weighted by atomic mass is 31.2. The molecule has 0 radical (unpaired) electrons. The fourth-order valence-electron chi connectivity index (χ4n) is 3.05. The number of nitrogens with one attached hydrogen (secondary N) is 1. The van der Waals surface area contributed by atoms with Crippen LogP contribution in [0.4, 0.5) is 0 Å². The molecule has 0 bridgehead atoms. The molecular formula is C17H23N2O12P. The third-order valence-corrected chi connectivity index (χ3v) is 6.21. The van der Waals surface area contributed by atoms with Crippen molar-refractivity contribution in [1.29, 1.82) is 0 Å². The normalized spacial score (nSPS) is 22.9. The number of aromatic amines is 1. The second kappa shape index (κ2) is 10.2. The van der Waals surface area contributed by atoms with Crippen LogP contribution in [0.3, 0.4) is 0 Å². The third kappa shape index (κ3) is 5.51. The zero-order valence-corrected chi connectivity index (χ0v) is 18.8. The molecule has 15 heteroatoms. The Labute approximate surface area is 181 Å². The average molecular weight is 478 g/mol. The van der Waals surface area contributed by atoms with Gasteiger partial charge < -0.3 is 28.0 Å². The summed E-state index contributed by atoms with van der Waals surface area (Å²) in [6.07, 6.45) is -4.41. The first kappa shape index (κ1) is 25.5. The fourth-order valence-corrected chi connectivity index (χ4v) is 4.16. The predicted octanol–water partition coefficient (Wildman–Crippen LogP) is -1.03. The van der Waals surface area contributed by atoms with E-state index in [1.807, 2.05) is 4.98 Å². The number of carbonyl (C=O) groups is 3. The van der Waals surface area contributed by atoms with E-state index in [-0.39, 0.29) is 0 Å². The third-order valence-electron chi connectivity index (χ3n) is 4.34. The van der Waals surface area contributed by atoms with Crippen LogP contribution in [0.2, 0.25) is 0 Å². The van der Waals surface area contributed by atoms with Crippen LogP contribution in [0.15, 0.2) is 15.8 Å². The number of ether oxygens (including phenoxy) is 4. The van der Waals surface area contributed by atoms with Gasteiger partial charge in [-0.25, -0.2) is 4.79 Å². The Balaban J connectivity index is 2.62. The minimum Gasteiger partial charge on any atom is -0.463 e. The molecule has 0 aromatic carbocycles. The van der Waals surface area contributed by atoms with Crippen molar-refractivity contribution < 1.29 is 46.9 Å². The lowest BCUT2D eigenvalue weighted by atomic mass is 10.1. The molecule has 2 unspecified atom stereocenters. The molecule has 178 valence electrons. The fraction of sp³-hybridized carbons (Fsp3) is 0.588. The van der Waals surface area contributed by atoms with Crippen LogP contribution < -0.4 is 16.6 Å². The maximum atomic E-state index is 12.7. The molecule has 2 rings (SSSR count). The van der Waals surface area contributed by atoms with E-state index < -0.39 is 73.2 Å². The zero-order chi connectivity index (χ0) is 24.2. The van der Waals surface area contributed by atoms with E-state index in [0.29, 0.717) is 0 Å². The Hall–Kier alpha value is -2.80. The van der Waals surface area contributed by atoms with Crippen LogP contribution in [0.5, 0.6) is 0 Å². The molecule has 14 nitrogen and oxygen atoms in total. The van der Waals surface area contributed by atoms with E-state index in [2.05, 4.69) is 0 Å². The van der Waals surface area contributed by atoms with Gasteiger partial charge in [-0.05, 0) is 0 Å². The minimum atomic E-state index is -4.11. The second-order valence-electron chi connectivity index (χ2n) is 6.56. The molecule has 1 saturated heterocycles. The standard InChI is InChI=1S/C17H23N2O12P/c1-8(20)28-7-11-13(29-9(2)21)14(30-10(3)22)16(31-11)19-6-12(15(23)18-17(19)24)32(25,26-4)27-5/h6,11,13-14,16H,7H2,1-5H3,(H,18,23,24)/t11-,13?,14?,16-/m1/s1. The highest BCUT2D eigenvalue weighted by Crippen LogP contribution is 2.44. The van der Waals surface area contributed by atoms with E-state index in [1.54, 1.807) is 0 Å². The van der Waals surface area contributed by atoms with Crippen molar-refractivity contribution in [2.45, 2.75) is 45.3 Å². The molecule has 2 heterocycles. The predicted molar refractivity (Wildman–Crippen MR) is 104 cm³/mol. The van der Waals surface area contributed by atoms with Crippen LogP contribution in [-0.2, 0) is 46.9 Å². The van der Waals surface area contributed by atoms with Crippen LogP contribution in [-0.4, -0.2) is 66.6 Å². The summed E-state index contributed by atoms with van der Waals surface area (Å²) in [5.74, 6) is -2.22. The van der Waals surface area contributed by atoms with E-state index in [9.17, 15) is 28.5 Å². The summed E-state index contributed by atoms with van der Waals surface area (Å²) in [6.45, 7) is 2.91. The summed E-state index contributed by atoms with van der Waals surface area (Å²) >= 11 is 0. The number of hydrogen-bond acceptors (Lipinski definition) is 12. The van der Waals surface area contributed by atoms with Crippen LogP contribution >= 0.6 is 7.60 Å². The molecule has 1 aliphatic heterocycles. The maximum absolute atomic E-state index is 12.7. The summed E-state index contributed by atoms with van der Waals surface area (Å²) in [5.41, 5.74) is -2.05. The molecule has 1 aliphatic rings. The largest absolute Gasteiger partial charge is 0.463 e. The van der Waals surface area contributed by atoms with Gasteiger partial charge >= 0.3 is 31.2 Å². The van der Waals surface area contributed by atoms with Crippen LogP contribution in [0.25, 0.3) is 0 Å². The zero-order valence-electron chi connectivity index (χ0n) is 17.9. The molecular weight excluding hydrogens is 455 g/mol. The smallest absolute Gasteiger partial charge is 0.367 e. The lowest BCUT2D eigenvalue weighted by Crippen LogP contribution is -2.45. The monoisotopic (exact) mass is 478 g/mol. The van der Waals surface area contributed by atoms with Gasteiger partial charge in [0, 0.05) is 41.2 Å². The molecule has 32 heavy (non-hydrogen) atoms. The lowest BCUT2D eigenvalue weighted by Gasteiger charge is -2.24. The molecule has 4 atom stereocenters. The Kier molecular flexibility index (Phi) is 8.13.